The maximum absolute atomic E-state index is 9.38. The lowest BCUT2D eigenvalue weighted by Crippen LogP contribution is -2.10. The minimum absolute atomic E-state index is 0.125. The Morgan fingerprint density at radius 1 is 0.957 bits per heavy atom. The molecule has 23 heavy (non-hydrogen) atoms. The van der Waals surface area contributed by atoms with Gasteiger partial charge < -0.3 is 0 Å². The highest BCUT2D eigenvalue weighted by Gasteiger charge is 2.15. The van der Waals surface area contributed by atoms with Gasteiger partial charge in [-0.15, -0.1) is 0 Å². The van der Waals surface area contributed by atoms with Crippen LogP contribution >= 0.6 is 0 Å². The summed E-state index contributed by atoms with van der Waals surface area (Å²) in [7, 11) is 0. The fourth-order valence-corrected chi connectivity index (χ4v) is 2.51. The maximum atomic E-state index is 9.38. The number of benzene rings is 2. The van der Waals surface area contributed by atoms with Crippen molar-refractivity contribution in [1.29, 1.82) is 5.26 Å². The number of aromatic nitrogens is 2. The number of hydrogen-bond acceptors (Lipinski definition) is 2. The summed E-state index contributed by atoms with van der Waals surface area (Å²) in [5.74, 6) is 0. The number of hydrogen-bond donors (Lipinski definition) is 0. The number of nitrogens with zero attached hydrogens (tertiary/aromatic N) is 3. The molecular weight excluding hydrogens is 282 g/mol. The van der Waals surface area contributed by atoms with Crippen molar-refractivity contribution in [3.05, 3.63) is 71.9 Å². The van der Waals surface area contributed by atoms with Crippen LogP contribution in [-0.2, 0) is 5.41 Å². The van der Waals surface area contributed by atoms with Crippen LogP contribution in [0.5, 0.6) is 0 Å². The monoisotopic (exact) mass is 301 g/mol. The zero-order valence-corrected chi connectivity index (χ0v) is 13.6. The SMILES string of the molecule is CC(C)(C)c1ccc(-c2cc(C#N)n(-c3ccccc3)n2)cc1. The van der Waals surface area contributed by atoms with Crippen LogP contribution in [0.15, 0.2) is 60.7 Å². The Bertz CT molecular complexity index is 845. The highest BCUT2D eigenvalue weighted by Crippen LogP contribution is 2.26. The van der Waals surface area contributed by atoms with Crippen LogP contribution < -0.4 is 0 Å². The van der Waals surface area contributed by atoms with Gasteiger partial charge in [0, 0.05) is 11.6 Å². The topological polar surface area (TPSA) is 41.6 Å². The number of rotatable bonds is 2. The van der Waals surface area contributed by atoms with Crippen molar-refractivity contribution in [2.75, 3.05) is 0 Å². The molecule has 3 aromatic rings. The van der Waals surface area contributed by atoms with Gasteiger partial charge in [0.05, 0.1) is 11.4 Å². The van der Waals surface area contributed by atoms with Crippen LogP contribution in [0.2, 0.25) is 0 Å². The van der Waals surface area contributed by atoms with Gasteiger partial charge in [0.1, 0.15) is 11.8 Å². The summed E-state index contributed by atoms with van der Waals surface area (Å²) in [5, 5.41) is 14.0. The van der Waals surface area contributed by atoms with Gasteiger partial charge in [0.15, 0.2) is 0 Å². The molecule has 0 amide bonds. The van der Waals surface area contributed by atoms with Crippen molar-refractivity contribution in [1.82, 2.24) is 9.78 Å². The van der Waals surface area contributed by atoms with Gasteiger partial charge in [-0.2, -0.15) is 10.4 Å². The predicted octanol–water partition coefficient (Wildman–Crippen LogP) is 4.71. The molecule has 1 heterocycles. The van der Waals surface area contributed by atoms with Gasteiger partial charge in [0.2, 0.25) is 0 Å². The molecule has 0 fully saturated rings. The minimum atomic E-state index is 0.125. The van der Waals surface area contributed by atoms with Crippen molar-refractivity contribution in [3.8, 4) is 23.0 Å². The second kappa shape index (κ2) is 5.73. The van der Waals surface area contributed by atoms with E-state index < -0.39 is 0 Å². The Hall–Kier alpha value is -2.86. The van der Waals surface area contributed by atoms with E-state index in [9.17, 15) is 5.26 Å². The lowest BCUT2D eigenvalue weighted by atomic mass is 9.86. The van der Waals surface area contributed by atoms with Crippen LogP contribution in [0.25, 0.3) is 16.9 Å². The first-order valence-electron chi connectivity index (χ1n) is 7.65. The second-order valence-electron chi connectivity index (χ2n) is 6.60. The molecule has 0 unspecified atom stereocenters. The van der Waals surface area contributed by atoms with Crippen LogP contribution in [0.1, 0.15) is 32.0 Å². The molecule has 3 rings (SSSR count). The quantitative estimate of drug-likeness (QED) is 0.688. The molecule has 0 saturated carbocycles. The molecule has 0 bridgehead atoms. The normalized spacial score (nSPS) is 11.2. The zero-order chi connectivity index (χ0) is 16.4. The third-order valence-corrected chi connectivity index (χ3v) is 3.87. The first-order chi connectivity index (χ1) is 11.0. The summed E-state index contributed by atoms with van der Waals surface area (Å²) in [5.41, 5.74) is 4.66. The van der Waals surface area contributed by atoms with Crippen molar-refractivity contribution >= 4 is 0 Å². The Morgan fingerprint density at radius 2 is 1.61 bits per heavy atom. The summed E-state index contributed by atoms with van der Waals surface area (Å²) in [6.45, 7) is 6.58. The minimum Gasteiger partial charge on any atom is -0.222 e. The van der Waals surface area contributed by atoms with Gasteiger partial charge >= 0.3 is 0 Å². The Morgan fingerprint density at radius 3 is 2.17 bits per heavy atom. The van der Waals surface area contributed by atoms with Gasteiger partial charge in [-0.1, -0.05) is 63.2 Å². The van der Waals surface area contributed by atoms with E-state index in [1.807, 2.05) is 36.4 Å². The Labute approximate surface area is 136 Å². The first kappa shape index (κ1) is 15.1. The summed E-state index contributed by atoms with van der Waals surface area (Å²) in [4.78, 5) is 0. The fourth-order valence-electron chi connectivity index (χ4n) is 2.51. The van der Waals surface area contributed by atoms with Crippen molar-refractivity contribution in [3.63, 3.8) is 0 Å². The molecule has 0 spiro atoms. The second-order valence-corrected chi connectivity index (χ2v) is 6.60. The molecule has 0 saturated heterocycles. The van der Waals surface area contributed by atoms with Gasteiger partial charge in [0.25, 0.3) is 0 Å². The molecule has 2 aromatic carbocycles. The van der Waals surface area contributed by atoms with E-state index >= 15 is 0 Å². The molecule has 0 aliphatic heterocycles. The molecule has 114 valence electrons. The molecule has 3 heteroatoms. The third kappa shape index (κ3) is 3.02. The van der Waals surface area contributed by atoms with Gasteiger partial charge in [-0.05, 0) is 23.1 Å². The van der Waals surface area contributed by atoms with Crippen LogP contribution in [0.4, 0.5) is 0 Å². The van der Waals surface area contributed by atoms with E-state index in [-0.39, 0.29) is 5.41 Å². The van der Waals surface area contributed by atoms with Crippen LogP contribution in [0.3, 0.4) is 0 Å². The Kier molecular flexibility index (Phi) is 3.75. The number of nitriles is 1. The van der Waals surface area contributed by atoms with Crippen molar-refractivity contribution in [2.45, 2.75) is 26.2 Å². The van der Waals surface area contributed by atoms with Crippen LogP contribution in [-0.4, -0.2) is 9.78 Å². The predicted molar refractivity (Wildman–Crippen MR) is 92.4 cm³/mol. The summed E-state index contributed by atoms with van der Waals surface area (Å²) >= 11 is 0. The molecule has 0 aliphatic rings. The summed E-state index contributed by atoms with van der Waals surface area (Å²) in [6, 6.07) is 22.2. The molecule has 1 aromatic heterocycles. The standard InChI is InChI=1S/C20H19N3/c1-20(2,3)16-11-9-15(10-12-16)19-13-18(14-21)23(22-19)17-7-5-4-6-8-17/h4-13H,1-3H3. The average Bonchev–Trinajstić information content (AvgIpc) is 2.99. The summed E-state index contributed by atoms with van der Waals surface area (Å²) in [6.07, 6.45) is 0. The highest BCUT2D eigenvalue weighted by molar-refractivity contribution is 5.62. The molecule has 0 aliphatic carbocycles. The van der Waals surface area contributed by atoms with E-state index in [1.54, 1.807) is 4.68 Å². The lowest BCUT2D eigenvalue weighted by Gasteiger charge is -2.18. The van der Waals surface area contributed by atoms with Crippen molar-refractivity contribution in [2.24, 2.45) is 0 Å². The van der Waals surface area contributed by atoms with E-state index in [4.69, 9.17) is 0 Å². The smallest absolute Gasteiger partial charge is 0.144 e. The molecule has 0 atom stereocenters. The van der Waals surface area contributed by atoms with Gasteiger partial charge in [-0.25, -0.2) is 4.68 Å². The van der Waals surface area contributed by atoms with E-state index in [0.717, 1.165) is 16.9 Å². The van der Waals surface area contributed by atoms with Crippen LogP contribution in [0, 0.1) is 11.3 Å². The number of para-hydroxylation sites is 1. The molecule has 3 nitrogen and oxygen atoms in total. The summed E-state index contributed by atoms with van der Waals surface area (Å²) < 4.78 is 1.69. The van der Waals surface area contributed by atoms with E-state index in [1.165, 1.54) is 5.56 Å². The van der Waals surface area contributed by atoms with Gasteiger partial charge in [-0.3, -0.25) is 0 Å². The van der Waals surface area contributed by atoms with E-state index in [2.05, 4.69) is 56.2 Å². The molecule has 0 radical (unpaired) electrons. The maximum Gasteiger partial charge on any atom is 0.144 e. The fraction of sp³-hybridized carbons (Fsp3) is 0.200. The third-order valence-electron chi connectivity index (χ3n) is 3.87. The average molecular weight is 301 g/mol. The first-order valence-corrected chi connectivity index (χ1v) is 7.65. The highest BCUT2D eigenvalue weighted by atomic mass is 15.3. The zero-order valence-electron chi connectivity index (χ0n) is 13.6. The Balaban J connectivity index is 2.02. The lowest BCUT2D eigenvalue weighted by molar-refractivity contribution is 0.590. The largest absolute Gasteiger partial charge is 0.222 e. The molecular formula is C20H19N3. The van der Waals surface area contributed by atoms with E-state index in [0.29, 0.717) is 5.69 Å². The molecule has 0 N–H and O–H groups in total. The van der Waals surface area contributed by atoms with Crippen molar-refractivity contribution < 1.29 is 0 Å².